The average Bonchev–Trinajstić information content (AvgIpc) is 1.63. The second-order valence-electron chi connectivity index (χ2n) is 29.8. The van der Waals surface area contributed by atoms with Gasteiger partial charge in [-0.3, -0.25) is 0 Å². The molecular weight excluding hydrogens is 1340 g/mol. The predicted molar refractivity (Wildman–Crippen MR) is 461 cm³/mol. The molecule has 14 aromatic rings. The lowest BCUT2D eigenvalue weighted by Gasteiger charge is -2.08. The highest BCUT2D eigenvalue weighted by Gasteiger charge is 2.23. The van der Waals surface area contributed by atoms with Gasteiger partial charge in [0, 0.05) is 105 Å². The third-order valence-corrected chi connectivity index (χ3v) is 21.5. The lowest BCUT2D eigenvalue weighted by atomic mass is 10.0. The fourth-order valence-electron chi connectivity index (χ4n) is 15.0. The summed E-state index contributed by atoms with van der Waals surface area (Å²) in [7, 11) is -1.59. The number of hydrogen-bond donors (Lipinski definition) is 4. The molecule has 6 aromatic heterocycles. The van der Waals surface area contributed by atoms with Crippen LogP contribution in [0.25, 0.3) is 182 Å². The van der Waals surface area contributed by atoms with Crippen molar-refractivity contribution in [1.82, 2.24) is 39.9 Å². The van der Waals surface area contributed by atoms with Crippen LogP contribution < -0.4 is 0 Å². The molecule has 4 aliphatic rings. The number of nitrogens with zero attached hydrogens (tertiary/aromatic N) is 4. The Bertz CT molecular complexity index is 6570. The minimum atomic E-state index is -1.59. The molecule has 0 saturated carbocycles. The zero-order valence-corrected chi connectivity index (χ0v) is 63.0. The molecule has 16 bridgehead atoms. The van der Waals surface area contributed by atoms with E-state index in [9.17, 15) is 0 Å². The summed E-state index contributed by atoms with van der Waals surface area (Å²) in [6.07, 6.45) is 17.2. The molecule has 8 nitrogen and oxygen atoms in total. The SMILES string of the molecule is Cc1ccc(-c2c3nc(c(-c4ccc(C)cc4)c4ccc([nH]4)c(-c4ccc(C#Cc5ccc(-c6c7nc(c(-c8ccc(C)cc8)c8ccc([nH]8)c(-c8ccc(C#C[Si](C)(C)C)cc8)c8nc(c(-c9ccc(C)cc9)c9ccc6[nH]9)C=C8)C=C7)cc5)cc4)c4nc(c(-c5ccc(C)cc5)c5ccc2[nH]5)C=C4)C=C3)cc1. The zero-order chi connectivity index (χ0) is 74.0. The fraction of sp³-hybridized carbons (Fsp3) is 0.0800. The number of rotatable bonds is 8. The van der Waals surface area contributed by atoms with Gasteiger partial charge < -0.3 is 19.9 Å². The van der Waals surface area contributed by atoms with Crippen LogP contribution in [0.2, 0.25) is 19.6 Å². The van der Waals surface area contributed by atoms with Crippen LogP contribution in [0.4, 0.5) is 0 Å². The first-order chi connectivity index (χ1) is 53.1. The largest absolute Gasteiger partial charge is 0.354 e. The van der Waals surface area contributed by atoms with E-state index in [0.29, 0.717) is 0 Å². The van der Waals surface area contributed by atoms with Crippen LogP contribution in [0.1, 0.15) is 90.1 Å². The summed E-state index contributed by atoms with van der Waals surface area (Å²) in [4.78, 5) is 38.0. The minimum absolute atomic E-state index is 0.832. The van der Waals surface area contributed by atoms with E-state index in [4.69, 9.17) is 19.9 Å². The Morgan fingerprint density at radius 2 is 0.358 bits per heavy atom. The number of aromatic nitrogens is 8. The van der Waals surface area contributed by atoms with Crippen LogP contribution in [0.3, 0.4) is 0 Å². The van der Waals surface area contributed by atoms with Gasteiger partial charge in [-0.05, 0) is 213 Å². The Balaban J connectivity index is 0.762. The van der Waals surface area contributed by atoms with Gasteiger partial charge in [-0.1, -0.05) is 223 Å². The van der Waals surface area contributed by atoms with Gasteiger partial charge in [0.15, 0.2) is 0 Å². The van der Waals surface area contributed by atoms with E-state index in [1.807, 2.05) is 0 Å². The third kappa shape index (κ3) is 13.4. The van der Waals surface area contributed by atoms with Gasteiger partial charge in [0.1, 0.15) is 8.07 Å². The Hall–Kier alpha value is -13.7. The van der Waals surface area contributed by atoms with Crippen LogP contribution in [0, 0.1) is 57.9 Å². The number of H-pyrrole nitrogens is 4. The maximum atomic E-state index is 5.62. The maximum Gasteiger partial charge on any atom is 0.129 e. The van der Waals surface area contributed by atoms with Crippen molar-refractivity contribution in [2.75, 3.05) is 0 Å². The number of fused-ring (bicyclic) bond motifs is 16. The summed E-state index contributed by atoms with van der Waals surface area (Å²) in [6, 6.07) is 86.8. The number of benzene rings is 8. The monoisotopic (exact) mass is 1420 g/mol. The van der Waals surface area contributed by atoms with E-state index in [2.05, 4.69) is 389 Å². The number of aryl methyl sites for hydroxylation is 5. The summed E-state index contributed by atoms with van der Waals surface area (Å²) in [5, 5.41) is 0. The van der Waals surface area contributed by atoms with Crippen LogP contribution in [-0.4, -0.2) is 47.9 Å². The molecule has 9 heteroatoms. The maximum absolute atomic E-state index is 5.62. The molecule has 0 amide bonds. The first kappa shape index (κ1) is 67.2. The average molecular weight is 1420 g/mol. The van der Waals surface area contributed by atoms with Gasteiger partial charge in [-0.2, -0.15) is 0 Å². The van der Waals surface area contributed by atoms with E-state index in [1.165, 1.54) is 27.8 Å². The molecule has 0 saturated heterocycles. The summed E-state index contributed by atoms with van der Waals surface area (Å²) in [5.41, 5.74) is 42.9. The standard InChI is InChI=1S/C100H76N8Si/c1-61-9-27-69(28-10-61)93-77-43-45-79(101-77)94(70-29-11-62(2)12-30-70)81-47-53-87(103-81)98(88-54-48-82(104-88)95(80-46-44-78(93)102-80)71-31-13-63(3)14-32-71)74-37-21-66(22-38-74)19-20-67-23-39-75(40-24-67)99-89-55-49-83(105-89)96(72-33-15-64(4)16-34-72)85-51-57-91(107-85)100(76-41-25-68(26-42-76)59-60-109(6,7)8)92-58-52-86(108-92)97(84-50-56-90(99)106-84)73-35-17-65(5)18-36-73/h9-18,21-58,101,104-105,108H,1-8H3. The van der Waals surface area contributed by atoms with Gasteiger partial charge in [0.25, 0.3) is 0 Å². The molecule has 0 spiro atoms. The topological polar surface area (TPSA) is 115 Å². The van der Waals surface area contributed by atoms with Gasteiger partial charge >= 0.3 is 0 Å². The third-order valence-electron chi connectivity index (χ3n) is 20.7. The van der Waals surface area contributed by atoms with Crippen molar-refractivity contribution in [3.8, 4) is 112 Å². The highest BCUT2D eigenvalue weighted by molar-refractivity contribution is 6.83. The molecule has 520 valence electrons. The summed E-state index contributed by atoms with van der Waals surface area (Å²) < 4.78 is 0. The normalized spacial score (nSPS) is 12.1. The molecule has 4 aliphatic heterocycles. The Morgan fingerprint density at radius 1 is 0.202 bits per heavy atom. The molecule has 8 aromatic carbocycles. The minimum Gasteiger partial charge on any atom is -0.354 e. The molecule has 0 aliphatic carbocycles. The molecule has 0 fully saturated rings. The molecular formula is C100H76N8Si. The predicted octanol–water partition coefficient (Wildman–Crippen LogP) is 25.1. The van der Waals surface area contributed by atoms with Crippen LogP contribution >= 0.6 is 0 Å². The second kappa shape index (κ2) is 27.6. The Morgan fingerprint density at radius 3 is 0.523 bits per heavy atom. The quantitative estimate of drug-likeness (QED) is 0.0896. The van der Waals surface area contributed by atoms with E-state index in [1.54, 1.807) is 0 Å². The summed E-state index contributed by atoms with van der Waals surface area (Å²) in [5.74, 6) is 10.5. The van der Waals surface area contributed by atoms with E-state index >= 15 is 0 Å². The van der Waals surface area contributed by atoms with Crippen molar-refractivity contribution in [1.29, 1.82) is 0 Å². The van der Waals surface area contributed by atoms with Crippen molar-refractivity contribution in [3.63, 3.8) is 0 Å². The number of aromatic amines is 4. The fourth-order valence-corrected chi connectivity index (χ4v) is 15.5. The Labute approximate surface area is 635 Å². The summed E-state index contributed by atoms with van der Waals surface area (Å²) >= 11 is 0. The molecule has 109 heavy (non-hydrogen) atoms. The molecule has 0 unspecified atom stereocenters. The molecule has 0 atom stereocenters. The van der Waals surface area contributed by atoms with Crippen molar-refractivity contribution >= 4 is 101 Å². The second-order valence-corrected chi connectivity index (χ2v) is 34.6. The van der Waals surface area contributed by atoms with E-state index in [-0.39, 0.29) is 0 Å². The van der Waals surface area contributed by atoms with Crippen molar-refractivity contribution in [3.05, 3.63) is 333 Å². The van der Waals surface area contributed by atoms with Gasteiger partial charge in [0.05, 0.1) is 45.6 Å². The molecule has 18 rings (SSSR count). The lowest BCUT2D eigenvalue weighted by Crippen LogP contribution is -2.16. The molecule has 10 heterocycles. The highest BCUT2D eigenvalue weighted by Crippen LogP contribution is 2.43. The zero-order valence-electron chi connectivity index (χ0n) is 62.0. The van der Waals surface area contributed by atoms with E-state index < -0.39 is 8.07 Å². The van der Waals surface area contributed by atoms with Crippen molar-refractivity contribution in [2.45, 2.75) is 54.3 Å². The summed E-state index contributed by atoms with van der Waals surface area (Å²) in [6.45, 7) is 17.5. The first-order valence-corrected chi connectivity index (χ1v) is 40.6. The van der Waals surface area contributed by atoms with Gasteiger partial charge in [0.2, 0.25) is 0 Å². The molecule has 4 N–H and O–H groups in total. The lowest BCUT2D eigenvalue weighted by molar-refractivity contribution is 1.31. The van der Waals surface area contributed by atoms with Crippen LogP contribution in [0.15, 0.2) is 243 Å². The van der Waals surface area contributed by atoms with Crippen molar-refractivity contribution in [2.24, 2.45) is 0 Å². The van der Waals surface area contributed by atoms with Crippen LogP contribution in [-0.2, 0) is 0 Å². The highest BCUT2D eigenvalue weighted by atomic mass is 28.3. The van der Waals surface area contributed by atoms with Gasteiger partial charge in [-0.15, -0.1) is 5.54 Å². The number of hydrogen-bond acceptors (Lipinski definition) is 4. The van der Waals surface area contributed by atoms with Crippen LogP contribution in [0.5, 0.6) is 0 Å². The number of nitrogens with one attached hydrogen (secondary N) is 4. The first-order valence-electron chi connectivity index (χ1n) is 37.1. The Kier molecular flexibility index (Phi) is 17.0. The smallest absolute Gasteiger partial charge is 0.129 e. The molecule has 0 radical (unpaired) electrons. The van der Waals surface area contributed by atoms with Crippen molar-refractivity contribution < 1.29 is 0 Å². The van der Waals surface area contributed by atoms with E-state index in [0.717, 1.165) is 195 Å². The van der Waals surface area contributed by atoms with Gasteiger partial charge in [-0.25, -0.2) is 19.9 Å².